The summed E-state index contributed by atoms with van der Waals surface area (Å²) in [6, 6.07) is 0.664. The predicted octanol–water partition coefficient (Wildman–Crippen LogP) is 1.99. The molecule has 4 heteroatoms. The number of hydrogen-bond acceptors (Lipinski definition) is 3. The van der Waals surface area contributed by atoms with Crippen LogP contribution >= 0.6 is 0 Å². The Hall–Kier alpha value is -0.770. The molecule has 0 spiro atoms. The molecule has 4 nitrogen and oxygen atoms in total. The van der Waals surface area contributed by atoms with E-state index in [2.05, 4.69) is 12.2 Å². The van der Waals surface area contributed by atoms with Gasteiger partial charge in [0.05, 0.1) is 6.04 Å². The number of carbonyl (C=O) groups excluding carboxylic acids is 1. The maximum Gasteiger partial charge on any atom is 0.410 e. The van der Waals surface area contributed by atoms with Crippen LogP contribution in [-0.4, -0.2) is 42.3 Å². The lowest BCUT2D eigenvalue weighted by atomic mass is 10.1. The van der Waals surface area contributed by atoms with Crippen molar-refractivity contribution in [1.29, 1.82) is 0 Å². The molecule has 0 aromatic heterocycles. The third-order valence-electron chi connectivity index (χ3n) is 2.96. The van der Waals surface area contributed by atoms with Gasteiger partial charge in [0.25, 0.3) is 0 Å². The summed E-state index contributed by atoms with van der Waals surface area (Å²) in [7, 11) is 1.95. The van der Waals surface area contributed by atoms with Crippen LogP contribution in [0.3, 0.4) is 0 Å². The van der Waals surface area contributed by atoms with Crippen LogP contribution in [0.2, 0.25) is 0 Å². The van der Waals surface area contributed by atoms with Gasteiger partial charge in [-0.15, -0.1) is 0 Å². The minimum Gasteiger partial charge on any atom is -0.444 e. The van der Waals surface area contributed by atoms with E-state index in [9.17, 15) is 4.79 Å². The zero-order chi connectivity index (χ0) is 12.3. The number of likely N-dealkylation sites (tertiary alicyclic amines) is 1. The lowest BCUT2D eigenvalue weighted by Crippen LogP contribution is -2.45. The third kappa shape index (κ3) is 3.11. The van der Waals surface area contributed by atoms with Crippen LogP contribution in [0.5, 0.6) is 0 Å². The lowest BCUT2D eigenvalue weighted by Gasteiger charge is -2.29. The summed E-state index contributed by atoms with van der Waals surface area (Å²) in [4.78, 5) is 13.8. The maximum absolute atomic E-state index is 12.0. The van der Waals surface area contributed by atoms with Crippen molar-refractivity contribution in [3.05, 3.63) is 0 Å². The molecule has 1 fully saturated rings. The van der Waals surface area contributed by atoms with E-state index in [0.717, 1.165) is 19.4 Å². The fraction of sp³-hybridized carbons (Fsp3) is 0.917. The molecule has 0 aromatic rings. The van der Waals surface area contributed by atoms with Crippen molar-refractivity contribution < 1.29 is 9.53 Å². The summed E-state index contributed by atoms with van der Waals surface area (Å²) in [5, 5.41) is 3.26. The van der Waals surface area contributed by atoms with Gasteiger partial charge in [0, 0.05) is 12.6 Å². The molecule has 0 unspecified atom stereocenters. The van der Waals surface area contributed by atoms with Crippen molar-refractivity contribution in [2.24, 2.45) is 0 Å². The number of rotatable bonds is 2. The van der Waals surface area contributed by atoms with Gasteiger partial charge in [-0.05, 0) is 40.7 Å². The van der Waals surface area contributed by atoms with Crippen LogP contribution in [0.25, 0.3) is 0 Å². The second kappa shape index (κ2) is 5.04. The Morgan fingerprint density at radius 1 is 1.50 bits per heavy atom. The van der Waals surface area contributed by atoms with E-state index < -0.39 is 5.60 Å². The number of nitrogens with zero attached hydrogens (tertiary/aromatic N) is 1. The number of nitrogens with one attached hydrogen (secondary N) is 1. The zero-order valence-electron chi connectivity index (χ0n) is 11.0. The van der Waals surface area contributed by atoms with Crippen molar-refractivity contribution in [2.75, 3.05) is 13.6 Å². The van der Waals surface area contributed by atoms with Crippen molar-refractivity contribution in [1.82, 2.24) is 10.2 Å². The van der Waals surface area contributed by atoms with Gasteiger partial charge in [0.1, 0.15) is 5.60 Å². The van der Waals surface area contributed by atoms with Gasteiger partial charge in [0.15, 0.2) is 0 Å². The highest BCUT2D eigenvalue weighted by Gasteiger charge is 2.36. The van der Waals surface area contributed by atoms with Crippen molar-refractivity contribution in [2.45, 2.75) is 58.2 Å². The van der Waals surface area contributed by atoms with E-state index in [1.807, 2.05) is 32.7 Å². The first kappa shape index (κ1) is 13.3. The molecule has 1 saturated heterocycles. The summed E-state index contributed by atoms with van der Waals surface area (Å²) >= 11 is 0. The Balaban J connectivity index is 2.63. The van der Waals surface area contributed by atoms with Crippen LogP contribution in [0.15, 0.2) is 0 Å². The predicted molar refractivity (Wildman–Crippen MR) is 64.5 cm³/mol. The van der Waals surface area contributed by atoms with Crippen LogP contribution in [0.4, 0.5) is 4.79 Å². The zero-order valence-corrected chi connectivity index (χ0v) is 11.0. The van der Waals surface area contributed by atoms with Gasteiger partial charge < -0.3 is 15.0 Å². The molecule has 2 atom stereocenters. The third-order valence-corrected chi connectivity index (χ3v) is 2.96. The molecule has 1 heterocycles. The quantitative estimate of drug-likeness (QED) is 0.786. The molecule has 1 aliphatic rings. The summed E-state index contributed by atoms with van der Waals surface area (Å²) in [6.45, 7) is 8.60. The summed E-state index contributed by atoms with van der Waals surface area (Å²) in [5.41, 5.74) is -0.410. The second-order valence-electron chi connectivity index (χ2n) is 5.33. The van der Waals surface area contributed by atoms with Crippen molar-refractivity contribution in [3.63, 3.8) is 0 Å². The van der Waals surface area contributed by atoms with Gasteiger partial charge in [0.2, 0.25) is 0 Å². The van der Waals surface area contributed by atoms with Crippen molar-refractivity contribution >= 4 is 6.09 Å². The van der Waals surface area contributed by atoms with E-state index >= 15 is 0 Å². The highest BCUT2D eigenvalue weighted by molar-refractivity contribution is 5.69. The fourth-order valence-electron chi connectivity index (χ4n) is 2.24. The Morgan fingerprint density at radius 2 is 2.12 bits per heavy atom. The molecule has 0 aromatic carbocycles. The molecule has 0 aliphatic carbocycles. The van der Waals surface area contributed by atoms with Crippen LogP contribution in [-0.2, 0) is 4.74 Å². The summed E-state index contributed by atoms with van der Waals surface area (Å²) in [5.74, 6) is 0. The molecule has 1 N–H and O–H groups in total. The summed E-state index contributed by atoms with van der Waals surface area (Å²) in [6.07, 6.45) is 1.79. The smallest absolute Gasteiger partial charge is 0.410 e. The van der Waals surface area contributed by atoms with Gasteiger partial charge in [-0.2, -0.15) is 0 Å². The number of amides is 1. The van der Waals surface area contributed by atoms with Gasteiger partial charge in [-0.1, -0.05) is 6.92 Å². The minimum atomic E-state index is -0.410. The molecule has 16 heavy (non-hydrogen) atoms. The molecule has 94 valence electrons. The first-order valence-corrected chi connectivity index (χ1v) is 6.06. The van der Waals surface area contributed by atoms with E-state index in [1.165, 1.54) is 0 Å². The molecule has 0 bridgehead atoms. The molecule has 0 saturated carbocycles. The molecule has 1 aliphatic heterocycles. The average Bonchev–Trinajstić information content (AvgIpc) is 2.57. The largest absolute Gasteiger partial charge is 0.444 e. The van der Waals surface area contributed by atoms with Crippen LogP contribution < -0.4 is 5.32 Å². The SMILES string of the molecule is CC[C@@H]1[C@H](NC)CCN1C(=O)OC(C)(C)C. The van der Waals surface area contributed by atoms with E-state index in [-0.39, 0.29) is 12.1 Å². The Morgan fingerprint density at radius 3 is 2.56 bits per heavy atom. The molecular weight excluding hydrogens is 204 g/mol. The number of likely N-dealkylation sites (N-methyl/N-ethyl adjacent to an activating group) is 1. The van der Waals surface area contributed by atoms with Gasteiger partial charge in [-0.25, -0.2) is 4.79 Å². The first-order valence-electron chi connectivity index (χ1n) is 6.06. The maximum atomic E-state index is 12.0. The highest BCUT2D eigenvalue weighted by Crippen LogP contribution is 2.23. The Kier molecular flexibility index (Phi) is 4.19. The van der Waals surface area contributed by atoms with Crippen LogP contribution in [0, 0.1) is 0 Å². The standard InChI is InChI=1S/C12H24N2O2/c1-6-10-9(13-5)7-8-14(10)11(15)16-12(2,3)4/h9-10,13H,6-8H2,1-5H3/t9-,10-/m1/s1. The lowest BCUT2D eigenvalue weighted by molar-refractivity contribution is 0.0213. The van der Waals surface area contributed by atoms with Crippen LogP contribution in [0.1, 0.15) is 40.5 Å². The first-order chi connectivity index (χ1) is 7.39. The molecule has 1 rings (SSSR count). The topological polar surface area (TPSA) is 41.6 Å². The van der Waals surface area contributed by atoms with Gasteiger partial charge in [-0.3, -0.25) is 0 Å². The molecular formula is C12H24N2O2. The number of ether oxygens (including phenoxy) is 1. The number of carbonyl (C=O) groups is 1. The van der Waals surface area contributed by atoms with E-state index in [1.54, 1.807) is 0 Å². The normalized spacial score (nSPS) is 25.9. The van der Waals surface area contributed by atoms with Crippen molar-refractivity contribution in [3.8, 4) is 0 Å². The number of hydrogen-bond donors (Lipinski definition) is 1. The monoisotopic (exact) mass is 228 g/mol. The van der Waals surface area contributed by atoms with E-state index in [0.29, 0.717) is 6.04 Å². The highest BCUT2D eigenvalue weighted by atomic mass is 16.6. The Labute approximate surface area is 98.3 Å². The molecule has 1 amide bonds. The summed E-state index contributed by atoms with van der Waals surface area (Å²) < 4.78 is 5.41. The van der Waals surface area contributed by atoms with E-state index in [4.69, 9.17) is 4.74 Å². The Bertz CT molecular complexity index is 248. The molecule has 0 radical (unpaired) electrons. The average molecular weight is 228 g/mol. The fourth-order valence-corrected chi connectivity index (χ4v) is 2.24. The van der Waals surface area contributed by atoms with Gasteiger partial charge >= 0.3 is 6.09 Å². The second-order valence-corrected chi connectivity index (χ2v) is 5.33. The minimum absolute atomic E-state index is 0.183.